The molecule has 2 N–H and O–H groups in total. The molecule has 0 unspecified atom stereocenters. The van der Waals surface area contributed by atoms with Crippen LogP contribution < -0.4 is 15.2 Å². The Balaban J connectivity index is 2.80. The van der Waals surface area contributed by atoms with Gasteiger partial charge in [0.15, 0.2) is 11.5 Å². The molecule has 0 atom stereocenters. The average molecular weight is 267 g/mol. The molecule has 5 heteroatoms. The molecule has 0 fully saturated rings. The third-order valence-electron chi connectivity index (χ3n) is 2.24. The number of nitrogens with two attached hydrogens (primary N) is 1. The van der Waals surface area contributed by atoms with Gasteiger partial charge in [0.25, 0.3) is 0 Å². The molecular formula is C14H21NO4. The van der Waals surface area contributed by atoms with E-state index in [4.69, 9.17) is 19.9 Å². The van der Waals surface area contributed by atoms with Gasteiger partial charge in [0.1, 0.15) is 5.60 Å². The highest BCUT2D eigenvalue weighted by atomic mass is 16.7. The quantitative estimate of drug-likeness (QED) is 0.670. The molecule has 0 aliphatic carbocycles. The van der Waals surface area contributed by atoms with Gasteiger partial charge in [-0.25, -0.2) is 4.79 Å². The van der Waals surface area contributed by atoms with Gasteiger partial charge in [-0.05, 0) is 51.4 Å². The molecule has 0 aliphatic heterocycles. The standard InChI is InChI=1S/C14H21NO4/c1-14(2,3)19-13(16)18-11-6-5-10(7-8-15)9-12(11)17-4/h5-6,9H,7-8,15H2,1-4H3. The van der Waals surface area contributed by atoms with E-state index in [9.17, 15) is 4.79 Å². The Kier molecular flexibility index (Phi) is 5.18. The summed E-state index contributed by atoms with van der Waals surface area (Å²) in [7, 11) is 1.52. The summed E-state index contributed by atoms with van der Waals surface area (Å²) in [6.45, 7) is 5.87. The molecule has 0 amide bonds. The molecule has 0 radical (unpaired) electrons. The van der Waals surface area contributed by atoms with E-state index in [2.05, 4.69) is 0 Å². The van der Waals surface area contributed by atoms with E-state index in [0.717, 1.165) is 12.0 Å². The molecule has 1 aromatic carbocycles. The van der Waals surface area contributed by atoms with Crippen molar-refractivity contribution in [1.82, 2.24) is 0 Å². The van der Waals surface area contributed by atoms with Crippen LogP contribution in [0.15, 0.2) is 18.2 Å². The minimum atomic E-state index is -0.752. The minimum absolute atomic E-state index is 0.331. The molecule has 0 heterocycles. The van der Waals surface area contributed by atoms with Crippen molar-refractivity contribution in [2.45, 2.75) is 32.8 Å². The lowest BCUT2D eigenvalue weighted by atomic mass is 10.1. The van der Waals surface area contributed by atoms with Crippen LogP contribution >= 0.6 is 0 Å². The first-order chi connectivity index (χ1) is 8.85. The molecule has 0 aromatic heterocycles. The van der Waals surface area contributed by atoms with E-state index in [1.165, 1.54) is 7.11 Å². The first kappa shape index (κ1) is 15.3. The zero-order chi connectivity index (χ0) is 14.5. The third-order valence-corrected chi connectivity index (χ3v) is 2.24. The molecule has 106 valence electrons. The van der Waals surface area contributed by atoms with Crippen molar-refractivity contribution in [3.05, 3.63) is 23.8 Å². The fourth-order valence-electron chi connectivity index (χ4n) is 1.48. The predicted octanol–water partition coefficient (Wildman–Crippen LogP) is 2.51. The number of hydrogen-bond donors (Lipinski definition) is 1. The van der Waals surface area contributed by atoms with E-state index >= 15 is 0 Å². The summed E-state index contributed by atoms with van der Waals surface area (Å²) in [6.07, 6.45) is -0.0133. The van der Waals surface area contributed by atoms with E-state index in [0.29, 0.717) is 18.0 Å². The zero-order valence-electron chi connectivity index (χ0n) is 11.9. The van der Waals surface area contributed by atoms with E-state index < -0.39 is 11.8 Å². The SMILES string of the molecule is COc1cc(CCN)ccc1OC(=O)OC(C)(C)C. The average Bonchev–Trinajstić information content (AvgIpc) is 2.29. The van der Waals surface area contributed by atoms with Gasteiger partial charge in [-0.2, -0.15) is 0 Å². The summed E-state index contributed by atoms with van der Waals surface area (Å²) in [4.78, 5) is 11.6. The molecule has 0 spiro atoms. The van der Waals surface area contributed by atoms with Crippen molar-refractivity contribution in [2.75, 3.05) is 13.7 Å². The van der Waals surface area contributed by atoms with Crippen LogP contribution in [0.4, 0.5) is 4.79 Å². The summed E-state index contributed by atoms with van der Waals surface area (Å²) >= 11 is 0. The van der Waals surface area contributed by atoms with Crippen molar-refractivity contribution >= 4 is 6.16 Å². The Morgan fingerprint density at radius 2 is 1.95 bits per heavy atom. The summed E-state index contributed by atoms with van der Waals surface area (Å²) in [5, 5.41) is 0. The van der Waals surface area contributed by atoms with Crippen LogP contribution in [0.3, 0.4) is 0 Å². The molecule has 1 rings (SSSR count). The van der Waals surface area contributed by atoms with Gasteiger partial charge in [0.2, 0.25) is 0 Å². The van der Waals surface area contributed by atoms with Gasteiger partial charge in [-0.3, -0.25) is 0 Å². The second-order valence-corrected chi connectivity index (χ2v) is 5.09. The van der Waals surface area contributed by atoms with Crippen LogP contribution in [-0.2, 0) is 11.2 Å². The largest absolute Gasteiger partial charge is 0.514 e. The lowest BCUT2D eigenvalue weighted by molar-refractivity contribution is 0.0201. The van der Waals surface area contributed by atoms with Crippen LogP contribution in [-0.4, -0.2) is 25.4 Å². The van der Waals surface area contributed by atoms with Crippen LogP contribution in [0.5, 0.6) is 11.5 Å². The number of methoxy groups -OCH3 is 1. The van der Waals surface area contributed by atoms with Crippen LogP contribution in [0, 0.1) is 0 Å². The lowest BCUT2D eigenvalue weighted by Crippen LogP contribution is -2.26. The van der Waals surface area contributed by atoms with Crippen LogP contribution in [0.1, 0.15) is 26.3 Å². The van der Waals surface area contributed by atoms with Gasteiger partial charge in [0.05, 0.1) is 7.11 Å². The summed E-state index contributed by atoms with van der Waals surface area (Å²) in [5.41, 5.74) is 5.92. The predicted molar refractivity (Wildman–Crippen MR) is 72.6 cm³/mol. The highest BCUT2D eigenvalue weighted by molar-refractivity contribution is 5.66. The molecule has 0 aliphatic rings. The van der Waals surface area contributed by atoms with E-state index in [-0.39, 0.29) is 0 Å². The van der Waals surface area contributed by atoms with Gasteiger partial charge < -0.3 is 19.9 Å². The third kappa shape index (κ3) is 5.18. The summed E-state index contributed by atoms with van der Waals surface area (Å²) in [6, 6.07) is 5.31. The number of hydrogen-bond acceptors (Lipinski definition) is 5. The number of ether oxygens (including phenoxy) is 3. The summed E-state index contributed by atoms with van der Waals surface area (Å²) in [5.74, 6) is 0.814. The lowest BCUT2D eigenvalue weighted by Gasteiger charge is -2.19. The smallest absolute Gasteiger partial charge is 0.493 e. The topological polar surface area (TPSA) is 70.8 Å². The maximum atomic E-state index is 11.6. The Morgan fingerprint density at radius 1 is 1.26 bits per heavy atom. The summed E-state index contributed by atoms with van der Waals surface area (Å²) < 4.78 is 15.4. The van der Waals surface area contributed by atoms with Gasteiger partial charge in [-0.1, -0.05) is 6.07 Å². The van der Waals surface area contributed by atoms with Crippen LogP contribution in [0.2, 0.25) is 0 Å². The Bertz CT molecular complexity index is 438. The number of benzene rings is 1. The normalized spacial score (nSPS) is 11.0. The molecular weight excluding hydrogens is 246 g/mol. The van der Waals surface area contributed by atoms with Crippen molar-refractivity contribution in [3.63, 3.8) is 0 Å². The second-order valence-electron chi connectivity index (χ2n) is 5.09. The Labute approximate surface area is 113 Å². The van der Waals surface area contributed by atoms with Crippen molar-refractivity contribution in [1.29, 1.82) is 0 Å². The zero-order valence-corrected chi connectivity index (χ0v) is 11.9. The fourth-order valence-corrected chi connectivity index (χ4v) is 1.48. The van der Waals surface area contributed by atoms with Crippen molar-refractivity contribution < 1.29 is 19.0 Å². The van der Waals surface area contributed by atoms with E-state index in [1.807, 2.05) is 6.07 Å². The Hall–Kier alpha value is -1.75. The van der Waals surface area contributed by atoms with Gasteiger partial charge in [0, 0.05) is 0 Å². The minimum Gasteiger partial charge on any atom is -0.493 e. The molecule has 19 heavy (non-hydrogen) atoms. The Morgan fingerprint density at radius 3 is 2.47 bits per heavy atom. The molecule has 0 bridgehead atoms. The second kappa shape index (κ2) is 6.43. The highest BCUT2D eigenvalue weighted by Crippen LogP contribution is 2.29. The van der Waals surface area contributed by atoms with Gasteiger partial charge in [-0.15, -0.1) is 0 Å². The maximum absolute atomic E-state index is 11.6. The fraction of sp³-hybridized carbons (Fsp3) is 0.500. The monoisotopic (exact) mass is 267 g/mol. The molecule has 5 nitrogen and oxygen atoms in total. The maximum Gasteiger partial charge on any atom is 0.514 e. The van der Waals surface area contributed by atoms with Gasteiger partial charge >= 0.3 is 6.16 Å². The van der Waals surface area contributed by atoms with Crippen LogP contribution in [0.25, 0.3) is 0 Å². The first-order valence-corrected chi connectivity index (χ1v) is 6.13. The number of rotatable bonds is 4. The van der Waals surface area contributed by atoms with E-state index in [1.54, 1.807) is 32.9 Å². The molecule has 0 saturated heterocycles. The first-order valence-electron chi connectivity index (χ1n) is 6.13. The molecule has 1 aromatic rings. The highest BCUT2D eigenvalue weighted by Gasteiger charge is 2.19. The number of carbonyl (C=O) groups excluding carboxylic acids is 1. The number of carbonyl (C=O) groups is 1. The van der Waals surface area contributed by atoms with Crippen molar-refractivity contribution in [3.8, 4) is 11.5 Å². The molecule has 0 saturated carbocycles. The van der Waals surface area contributed by atoms with Crippen molar-refractivity contribution in [2.24, 2.45) is 5.73 Å².